The van der Waals surface area contributed by atoms with Crippen LogP contribution in [0.3, 0.4) is 0 Å². The van der Waals surface area contributed by atoms with Gasteiger partial charge >= 0.3 is 0 Å². The maximum absolute atomic E-state index is 5.13. The van der Waals surface area contributed by atoms with Gasteiger partial charge in [-0.2, -0.15) is 0 Å². The highest BCUT2D eigenvalue weighted by Crippen LogP contribution is 2.11. The molecule has 89 valence electrons. The number of rotatable bonds is 10. The second-order valence-corrected chi connectivity index (χ2v) is 4.21. The van der Waals surface area contributed by atoms with Crippen molar-refractivity contribution in [1.29, 1.82) is 0 Å². The summed E-state index contributed by atoms with van der Waals surface area (Å²) in [7, 11) is 0. The molecule has 0 N–H and O–H groups in total. The summed E-state index contributed by atoms with van der Waals surface area (Å²) < 4.78 is 5.13. The van der Waals surface area contributed by atoms with E-state index in [9.17, 15) is 0 Å². The fourth-order valence-electron chi connectivity index (χ4n) is 1.62. The van der Waals surface area contributed by atoms with Crippen molar-refractivity contribution < 1.29 is 4.74 Å². The third kappa shape index (κ3) is 11.5. The molecule has 0 aromatic rings. The fraction of sp³-hybridized carbons (Fsp3) is 0.786. The van der Waals surface area contributed by atoms with E-state index in [-0.39, 0.29) is 0 Å². The molecule has 0 aliphatic carbocycles. The van der Waals surface area contributed by atoms with E-state index in [0.29, 0.717) is 6.61 Å². The second-order valence-electron chi connectivity index (χ2n) is 4.21. The Kier molecular flexibility index (Phi) is 11.3. The molecule has 0 amide bonds. The minimum absolute atomic E-state index is 0.536. The Balaban J connectivity index is 3.16. The highest BCUT2D eigenvalue weighted by atomic mass is 16.5. The van der Waals surface area contributed by atoms with Gasteiger partial charge in [0.05, 0.1) is 12.9 Å². The maximum atomic E-state index is 5.13. The van der Waals surface area contributed by atoms with Crippen LogP contribution in [0.15, 0.2) is 11.8 Å². The molecular formula is C14H27O. The van der Waals surface area contributed by atoms with Crippen molar-refractivity contribution in [3.8, 4) is 0 Å². The molecular weight excluding hydrogens is 184 g/mol. The predicted octanol–water partition coefficient (Wildman–Crippen LogP) is 4.88. The van der Waals surface area contributed by atoms with Crippen molar-refractivity contribution in [3.63, 3.8) is 0 Å². The van der Waals surface area contributed by atoms with Gasteiger partial charge in [0.2, 0.25) is 0 Å². The van der Waals surface area contributed by atoms with Crippen LogP contribution < -0.4 is 0 Å². The molecule has 0 rings (SSSR count). The van der Waals surface area contributed by atoms with Gasteiger partial charge in [-0.3, -0.25) is 0 Å². The Morgan fingerprint density at radius 2 is 1.67 bits per heavy atom. The van der Waals surface area contributed by atoms with E-state index in [1.165, 1.54) is 56.9 Å². The summed E-state index contributed by atoms with van der Waals surface area (Å²) >= 11 is 0. The minimum atomic E-state index is 0.536. The largest absolute Gasteiger partial charge is 0.501 e. The van der Waals surface area contributed by atoms with E-state index in [4.69, 9.17) is 4.74 Å². The molecule has 0 aliphatic heterocycles. The molecule has 0 atom stereocenters. The van der Waals surface area contributed by atoms with Crippen LogP contribution in [-0.4, -0.2) is 6.61 Å². The lowest BCUT2D eigenvalue weighted by molar-refractivity contribution is 0.283. The lowest BCUT2D eigenvalue weighted by Crippen LogP contribution is -1.85. The molecule has 0 spiro atoms. The summed E-state index contributed by atoms with van der Waals surface area (Å²) in [5, 5.41) is 0. The van der Waals surface area contributed by atoms with Gasteiger partial charge in [-0.05, 0) is 32.3 Å². The molecule has 0 aliphatic rings. The Bertz CT molecular complexity index is 149. The molecule has 1 nitrogen and oxygen atoms in total. The molecule has 0 aromatic heterocycles. The van der Waals surface area contributed by atoms with E-state index in [1.54, 1.807) is 0 Å². The first-order valence-electron chi connectivity index (χ1n) is 6.37. The topological polar surface area (TPSA) is 9.23 Å². The normalized spacial score (nSPS) is 11.8. The molecule has 1 heteroatoms. The van der Waals surface area contributed by atoms with Gasteiger partial charge in [-0.15, -0.1) is 0 Å². The van der Waals surface area contributed by atoms with Crippen LogP contribution in [-0.2, 0) is 4.74 Å². The third-order valence-corrected chi connectivity index (χ3v) is 2.58. The molecule has 0 fully saturated rings. The van der Waals surface area contributed by atoms with Gasteiger partial charge in [-0.1, -0.05) is 45.4 Å². The molecule has 0 aromatic carbocycles. The summed E-state index contributed by atoms with van der Waals surface area (Å²) in [4.78, 5) is 0. The lowest BCUT2D eigenvalue weighted by atomic mass is 10.1. The van der Waals surface area contributed by atoms with Gasteiger partial charge < -0.3 is 4.74 Å². The van der Waals surface area contributed by atoms with E-state index in [2.05, 4.69) is 20.8 Å². The summed E-state index contributed by atoms with van der Waals surface area (Å²) in [5.41, 5.74) is 1.34. The quantitative estimate of drug-likeness (QED) is 0.369. The van der Waals surface area contributed by atoms with Crippen molar-refractivity contribution in [1.82, 2.24) is 0 Å². The van der Waals surface area contributed by atoms with E-state index in [1.807, 2.05) is 6.26 Å². The highest BCUT2D eigenvalue weighted by molar-refractivity contribution is 4.92. The zero-order valence-electron chi connectivity index (χ0n) is 10.6. The van der Waals surface area contributed by atoms with Gasteiger partial charge in [0.15, 0.2) is 0 Å². The first-order chi connectivity index (χ1) is 7.31. The average Bonchev–Trinajstić information content (AvgIpc) is 2.25. The Morgan fingerprint density at radius 3 is 2.27 bits per heavy atom. The van der Waals surface area contributed by atoms with Crippen molar-refractivity contribution in [3.05, 3.63) is 18.8 Å². The molecule has 0 saturated heterocycles. The number of ether oxygens (including phenoxy) is 1. The van der Waals surface area contributed by atoms with Crippen LogP contribution in [0.25, 0.3) is 0 Å². The molecule has 0 saturated carbocycles. The standard InChI is InChI=1S/C14H27O/c1-4-6-7-8-9-10-11-12-14(3)13-15-5-2/h13H,2,4-12H2,1,3H3. The summed E-state index contributed by atoms with van der Waals surface area (Å²) in [5.74, 6) is 0. The van der Waals surface area contributed by atoms with Crippen molar-refractivity contribution in [2.24, 2.45) is 0 Å². The van der Waals surface area contributed by atoms with E-state index in [0.717, 1.165) is 0 Å². The van der Waals surface area contributed by atoms with Crippen molar-refractivity contribution >= 4 is 0 Å². The Labute approximate surface area is 95.9 Å². The highest BCUT2D eigenvalue weighted by Gasteiger charge is 1.93. The second kappa shape index (κ2) is 11.6. The SMILES string of the molecule is [CH2]COC=C(C)CCCCCCCCC. The first kappa shape index (κ1) is 14.5. The van der Waals surface area contributed by atoms with Crippen molar-refractivity contribution in [2.45, 2.75) is 65.2 Å². The molecule has 15 heavy (non-hydrogen) atoms. The molecule has 0 unspecified atom stereocenters. The minimum Gasteiger partial charge on any atom is -0.501 e. The number of allylic oxidation sites excluding steroid dienone is 1. The monoisotopic (exact) mass is 211 g/mol. The third-order valence-electron chi connectivity index (χ3n) is 2.58. The van der Waals surface area contributed by atoms with Crippen LogP contribution in [0.1, 0.15) is 65.2 Å². The van der Waals surface area contributed by atoms with Crippen LogP contribution in [0.5, 0.6) is 0 Å². The predicted molar refractivity (Wildman–Crippen MR) is 67.7 cm³/mol. The zero-order valence-corrected chi connectivity index (χ0v) is 10.6. The molecule has 1 radical (unpaired) electrons. The smallest absolute Gasteiger partial charge is 0.0874 e. The summed E-state index contributed by atoms with van der Waals surface area (Å²) in [6.45, 7) is 8.56. The zero-order chi connectivity index (χ0) is 11.4. The van der Waals surface area contributed by atoms with Gasteiger partial charge in [-0.25, -0.2) is 0 Å². The average molecular weight is 211 g/mol. The van der Waals surface area contributed by atoms with Gasteiger partial charge in [0.25, 0.3) is 0 Å². The lowest BCUT2D eigenvalue weighted by Gasteiger charge is -2.02. The molecule has 0 heterocycles. The molecule has 0 bridgehead atoms. The number of hydrogen-bond acceptors (Lipinski definition) is 1. The summed E-state index contributed by atoms with van der Waals surface area (Å²) in [6.07, 6.45) is 12.6. The Hall–Kier alpha value is -0.460. The van der Waals surface area contributed by atoms with Crippen molar-refractivity contribution in [2.75, 3.05) is 6.61 Å². The van der Waals surface area contributed by atoms with Crippen LogP contribution >= 0.6 is 0 Å². The number of unbranched alkanes of at least 4 members (excludes halogenated alkanes) is 6. The first-order valence-corrected chi connectivity index (χ1v) is 6.37. The Morgan fingerprint density at radius 1 is 1.07 bits per heavy atom. The van der Waals surface area contributed by atoms with Gasteiger partial charge in [0.1, 0.15) is 0 Å². The van der Waals surface area contributed by atoms with E-state index >= 15 is 0 Å². The summed E-state index contributed by atoms with van der Waals surface area (Å²) in [6, 6.07) is 0. The van der Waals surface area contributed by atoms with Crippen LogP contribution in [0, 0.1) is 6.92 Å². The van der Waals surface area contributed by atoms with E-state index < -0.39 is 0 Å². The van der Waals surface area contributed by atoms with Crippen LogP contribution in [0.2, 0.25) is 0 Å². The number of hydrogen-bond donors (Lipinski definition) is 0. The fourth-order valence-corrected chi connectivity index (χ4v) is 1.62. The van der Waals surface area contributed by atoms with Gasteiger partial charge in [0, 0.05) is 0 Å². The van der Waals surface area contributed by atoms with Crippen LogP contribution in [0.4, 0.5) is 0 Å². The maximum Gasteiger partial charge on any atom is 0.0874 e.